The molecule has 3 nitrogen and oxygen atoms in total. The van der Waals surface area contributed by atoms with Crippen molar-refractivity contribution in [3.05, 3.63) is 58.6 Å². The minimum atomic E-state index is -0.592. The number of halogens is 1. The van der Waals surface area contributed by atoms with E-state index in [0.717, 1.165) is 11.1 Å². The zero-order valence-corrected chi connectivity index (χ0v) is 13.1. The molecule has 0 saturated heterocycles. The van der Waals surface area contributed by atoms with Gasteiger partial charge in [0.25, 0.3) is 5.91 Å². The molecule has 0 radical (unpaired) electrons. The van der Waals surface area contributed by atoms with Crippen molar-refractivity contribution < 1.29 is 9.53 Å². The number of benzene rings is 2. The van der Waals surface area contributed by atoms with Crippen LogP contribution in [0, 0.1) is 13.8 Å². The van der Waals surface area contributed by atoms with Crippen molar-refractivity contribution >= 4 is 23.2 Å². The molecule has 1 N–H and O–H groups in total. The van der Waals surface area contributed by atoms with Gasteiger partial charge in [0, 0.05) is 10.7 Å². The van der Waals surface area contributed by atoms with Crippen LogP contribution >= 0.6 is 11.6 Å². The van der Waals surface area contributed by atoms with Crippen molar-refractivity contribution in [2.24, 2.45) is 0 Å². The van der Waals surface area contributed by atoms with Crippen LogP contribution in [-0.2, 0) is 4.79 Å². The third kappa shape index (κ3) is 4.23. The van der Waals surface area contributed by atoms with Gasteiger partial charge in [0.2, 0.25) is 0 Å². The summed E-state index contributed by atoms with van der Waals surface area (Å²) in [7, 11) is 0. The molecule has 0 aliphatic rings. The second-order valence-corrected chi connectivity index (χ2v) is 5.46. The van der Waals surface area contributed by atoms with E-state index in [4.69, 9.17) is 16.3 Å². The average Bonchev–Trinajstić information content (AvgIpc) is 2.43. The van der Waals surface area contributed by atoms with E-state index in [-0.39, 0.29) is 5.91 Å². The minimum absolute atomic E-state index is 0.207. The van der Waals surface area contributed by atoms with E-state index in [2.05, 4.69) is 5.32 Å². The number of carbonyl (C=O) groups is 1. The fraction of sp³-hybridized carbons (Fsp3) is 0.235. The number of rotatable bonds is 4. The summed E-state index contributed by atoms with van der Waals surface area (Å²) in [4.78, 5) is 12.2. The van der Waals surface area contributed by atoms with Gasteiger partial charge < -0.3 is 10.1 Å². The first kappa shape index (κ1) is 15.4. The Morgan fingerprint density at radius 3 is 2.67 bits per heavy atom. The van der Waals surface area contributed by atoms with Crippen LogP contribution < -0.4 is 10.1 Å². The summed E-state index contributed by atoms with van der Waals surface area (Å²) in [5.41, 5.74) is 2.74. The molecule has 4 heteroatoms. The Morgan fingerprint density at radius 2 is 1.95 bits per heavy atom. The van der Waals surface area contributed by atoms with E-state index >= 15 is 0 Å². The summed E-state index contributed by atoms with van der Waals surface area (Å²) < 4.78 is 5.65. The highest BCUT2D eigenvalue weighted by atomic mass is 35.5. The molecular formula is C17H18ClNO2. The molecule has 0 spiro atoms. The largest absolute Gasteiger partial charge is 0.481 e. The monoisotopic (exact) mass is 303 g/mol. The highest BCUT2D eigenvalue weighted by Crippen LogP contribution is 2.21. The summed E-state index contributed by atoms with van der Waals surface area (Å²) in [5.74, 6) is 0.474. The highest BCUT2D eigenvalue weighted by Gasteiger charge is 2.15. The van der Waals surface area contributed by atoms with Crippen LogP contribution in [0.5, 0.6) is 5.75 Å². The molecule has 0 bridgehead atoms. The minimum Gasteiger partial charge on any atom is -0.481 e. The SMILES string of the molecule is Cc1cccc(O[C@@H](C)C(=O)Nc2cc(Cl)ccc2C)c1. The van der Waals surface area contributed by atoms with Gasteiger partial charge in [0.15, 0.2) is 6.10 Å². The lowest BCUT2D eigenvalue weighted by molar-refractivity contribution is -0.122. The summed E-state index contributed by atoms with van der Waals surface area (Å²) in [6.45, 7) is 5.61. The summed E-state index contributed by atoms with van der Waals surface area (Å²) in [6, 6.07) is 13.0. The lowest BCUT2D eigenvalue weighted by atomic mass is 10.2. The Hall–Kier alpha value is -2.00. The summed E-state index contributed by atoms with van der Waals surface area (Å²) in [5, 5.41) is 3.42. The second-order valence-electron chi connectivity index (χ2n) is 5.03. The van der Waals surface area contributed by atoms with Crippen LogP contribution in [-0.4, -0.2) is 12.0 Å². The first-order valence-corrected chi connectivity index (χ1v) is 7.14. The Balaban J connectivity index is 2.04. The lowest BCUT2D eigenvalue weighted by Crippen LogP contribution is -2.30. The van der Waals surface area contributed by atoms with E-state index in [1.807, 2.05) is 44.2 Å². The Bertz CT molecular complexity index is 655. The first-order valence-electron chi connectivity index (χ1n) is 6.76. The van der Waals surface area contributed by atoms with Crippen LogP contribution in [0.15, 0.2) is 42.5 Å². The van der Waals surface area contributed by atoms with Crippen LogP contribution in [0.2, 0.25) is 5.02 Å². The molecule has 1 atom stereocenters. The van der Waals surface area contributed by atoms with E-state index in [9.17, 15) is 4.79 Å². The third-order valence-electron chi connectivity index (χ3n) is 3.13. The fourth-order valence-electron chi connectivity index (χ4n) is 1.91. The van der Waals surface area contributed by atoms with Gasteiger partial charge in [-0.25, -0.2) is 0 Å². The molecule has 2 aromatic rings. The van der Waals surface area contributed by atoms with Crippen LogP contribution in [0.4, 0.5) is 5.69 Å². The molecule has 0 aromatic heterocycles. The number of nitrogens with one attached hydrogen (secondary N) is 1. The van der Waals surface area contributed by atoms with E-state index < -0.39 is 6.10 Å². The molecule has 0 saturated carbocycles. The molecule has 0 heterocycles. The third-order valence-corrected chi connectivity index (χ3v) is 3.36. The van der Waals surface area contributed by atoms with Crippen molar-refractivity contribution in [2.45, 2.75) is 26.9 Å². The molecule has 0 aliphatic heterocycles. The second kappa shape index (κ2) is 6.64. The number of hydrogen-bond donors (Lipinski definition) is 1. The lowest BCUT2D eigenvalue weighted by Gasteiger charge is -2.16. The molecule has 21 heavy (non-hydrogen) atoms. The van der Waals surface area contributed by atoms with Crippen LogP contribution in [0.3, 0.4) is 0 Å². The Kier molecular flexibility index (Phi) is 4.86. The molecule has 0 aliphatic carbocycles. The molecule has 0 unspecified atom stereocenters. The van der Waals surface area contributed by atoms with E-state index in [1.165, 1.54) is 0 Å². The van der Waals surface area contributed by atoms with Crippen molar-refractivity contribution in [2.75, 3.05) is 5.32 Å². The molecular weight excluding hydrogens is 286 g/mol. The van der Waals surface area contributed by atoms with Gasteiger partial charge in [-0.1, -0.05) is 29.8 Å². The quantitative estimate of drug-likeness (QED) is 0.911. The molecule has 110 valence electrons. The van der Waals surface area contributed by atoms with Gasteiger partial charge in [-0.05, 0) is 56.2 Å². The number of anilines is 1. The van der Waals surface area contributed by atoms with Gasteiger partial charge in [-0.2, -0.15) is 0 Å². The van der Waals surface area contributed by atoms with Gasteiger partial charge in [0.05, 0.1) is 0 Å². The number of amides is 1. The number of ether oxygens (including phenoxy) is 1. The summed E-state index contributed by atoms with van der Waals surface area (Å²) >= 11 is 5.94. The van der Waals surface area contributed by atoms with Gasteiger partial charge in [-0.15, -0.1) is 0 Å². The number of aryl methyl sites for hydroxylation is 2. The zero-order chi connectivity index (χ0) is 15.4. The van der Waals surface area contributed by atoms with Crippen molar-refractivity contribution in [1.29, 1.82) is 0 Å². The molecule has 1 amide bonds. The fourth-order valence-corrected chi connectivity index (χ4v) is 2.08. The van der Waals surface area contributed by atoms with Crippen molar-refractivity contribution in [3.63, 3.8) is 0 Å². The van der Waals surface area contributed by atoms with Crippen molar-refractivity contribution in [3.8, 4) is 5.75 Å². The molecule has 2 rings (SSSR count). The summed E-state index contributed by atoms with van der Waals surface area (Å²) in [6.07, 6.45) is -0.592. The smallest absolute Gasteiger partial charge is 0.265 e. The zero-order valence-electron chi connectivity index (χ0n) is 12.3. The maximum absolute atomic E-state index is 12.2. The molecule has 0 fully saturated rings. The standard InChI is InChI=1S/C17H18ClNO2/c1-11-5-4-6-15(9-11)21-13(3)17(20)19-16-10-14(18)8-7-12(16)2/h4-10,13H,1-3H3,(H,19,20)/t13-/m0/s1. The van der Waals surface area contributed by atoms with Crippen molar-refractivity contribution in [1.82, 2.24) is 0 Å². The maximum Gasteiger partial charge on any atom is 0.265 e. The maximum atomic E-state index is 12.2. The predicted octanol–water partition coefficient (Wildman–Crippen LogP) is 4.36. The van der Waals surface area contributed by atoms with E-state index in [1.54, 1.807) is 19.1 Å². The molecule has 2 aromatic carbocycles. The van der Waals surface area contributed by atoms with E-state index in [0.29, 0.717) is 16.5 Å². The Morgan fingerprint density at radius 1 is 1.19 bits per heavy atom. The first-order chi connectivity index (χ1) is 9.95. The topological polar surface area (TPSA) is 38.3 Å². The normalized spacial score (nSPS) is 11.8. The van der Waals surface area contributed by atoms with Crippen LogP contribution in [0.1, 0.15) is 18.1 Å². The van der Waals surface area contributed by atoms with Crippen LogP contribution in [0.25, 0.3) is 0 Å². The average molecular weight is 304 g/mol. The highest BCUT2D eigenvalue weighted by molar-refractivity contribution is 6.31. The van der Waals surface area contributed by atoms with Gasteiger partial charge in [0.1, 0.15) is 5.75 Å². The Labute approximate surface area is 129 Å². The predicted molar refractivity (Wildman–Crippen MR) is 86.1 cm³/mol. The number of carbonyl (C=O) groups excluding carboxylic acids is 1. The number of hydrogen-bond acceptors (Lipinski definition) is 2. The van der Waals surface area contributed by atoms with Gasteiger partial charge in [-0.3, -0.25) is 4.79 Å². The van der Waals surface area contributed by atoms with Gasteiger partial charge >= 0.3 is 0 Å².